The van der Waals surface area contributed by atoms with Crippen LogP contribution in [0.25, 0.3) is 10.4 Å². The Labute approximate surface area is 130 Å². The molecule has 0 fully saturated rings. The number of hydrogen-bond acceptors (Lipinski definition) is 3. The van der Waals surface area contributed by atoms with Crippen LogP contribution in [-0.4, -0.2) is 18.0 Å². The molecule has 3 rings (SSSR count). The van der Waals surface area contributed by atoms with Gasteiger partial charge in [-0.3, -0.25) is 0 Å². The summed E-state index contributed by atoms with van der Waals surface area (Å²) >= 11 is 1.79. The van der Waals surface area contributed by atoms with E-state index >= 15 is 0 Å². The van der Waals surface area contributed by atoms with E-state index in [1.54, 1.807) is 11.3 Å². The van der Waals surface area contributed by atoms with E-state index in [-0.39, 0.29) is 11.5 Å². The first-order valence-electron chi connectivity index (χ1n) is 7.33. The molecule has 2 nitrogen and oxygen atoms in total. The zero-order chi connectivity index (χ0) is 15.0. The van der Waals surface area contributed by atoms with Gasteiger partial charge >= 0.3 is 0 Å². The average molecular weight is 299 g/mol. The molecule has 110 valence electrons. The fraction of sp³-hybridized carbons (Fsp3) is 0.389. The van der Waals surface area contributed by atoms with Crippen LogP contribution in [0.1, 0.15) is 37.8 Å². The average Bonchev–Trinajstić information content (AvgIpc) is 3.04. The SMILES string of the molecule is Cc1ccsc1-c1ccc(C(C)C2=NC(C)(C)CO2)cc1. The molecule has 1 aliphatic rings. The molecule has 0 aliphatic carbocycles. The van der Waals surface area contributed by atoms with Crippen molar-refractivity contribution in [1.82, 2.24) is 0 Å². The second kappa shape index (κ2) is 5.30. The van der Waals surface area contributed by atoms with Crippen molar-refractivity contribution in [3.8, 4) is 10.4 Å². The molecule has 0 saturated carbocycles. The lowest BCUT2D eigenvalue weighted by Crippen LogP contribution is -2.17. The Hall–Kier alpha value is -1.61. The van der Waals surface area contributed by atoms with Crippen LogP contribution in [0, 0.1) is 6.92 Å². The highest BCUT2D eigenvalue weighted by Crippen LogP contribution is 2.31. The van der Waals surface area contributed by atoms with E-state index in [0.29, 0.717) is 6.61 Å². The Balaban J connectivity index is 1.83. The van der Waals surface area contributed by atoms with Crippen LogP contribution in [0.5, 0.6) is 0 Å². The van der Waals surface area contributed by atoms with Crippen LogP contribution >= 0.6 is 11.3 Å². The lowest BCUT2D eigenvalue weighted by Gasteiger charge is -2.12. The molecule has 1 aliphatic heterocycles. The fourth-order valence-electron chi connectivity index (χ4n) is 2.57. The van der Waals surface area contributed by atoms with Gasteiger partial charge in [0.25, 0.3) is 0 Å². The van der Waals surface area contributed by atoms with Crippen molar-refractivity contribution in [2.75, 3.05) is 6.61 Å². The largest absolute Gasteiger partial charge is 0.478 e. The zero-order valence-corrected chi connectivity index (χ0v) is 13.8. The first-order valence-corrected chi connectivity index (χ1v) is 8.21. The predicted octanol–water partition coefficient (Wildman–Crippen LogP) is 5.03. The monoisotopic (exact) mass is 299 g/mol. The van der Waals surface area contributed by atoms with Crippen LogP contribution in [0.15, 0.2) is 40.7 Å². The third-order valence-electron chi connectivity index (χ3n) is 3.89. The number of hydrogen-bond donors (Lipinski definition) is 0. The smallest absolute Gasteiger partial charge is 0.191 e. The predicted molar refractivity (Wildman–Crippen MR) is 90.4 cm³/mol. The number of nitrogens with zero attached hydrogens (tertiary/aromatic N) is 1. The van der Waals surface area contributed by atoms with Crippen LogP contribution < -0.4 is 0 Å². The second-order valence-corrected chi connectivity index (χ2v) is 7.24. The summed E-state index contributed by atoms with van der Waals surface area (Å²) in [5.41, 5.74) is 3.79. The third-order valence-corrected chi connectivity index (χ3v) is 4.96. The Morgan fingerprint density at radius 2 is 1.90 bits per heavy atom. The van der Waals surface area contributed by atoms with Crippen molar-refractivity contribution in [3.63, 3.8) is 0 Å². The molecule has 0 radical (unpaired) electrons. The summed E-state index contributed by atoms with van der Waals surface area (Å²) in [5, 5.41) is 2.14. The molecule has 1 atom stereocenters. The van der Waals surface area contributed by atoms with Crippen molar-refractivity contribution in [2.45, 2.75) is 39.2 Å². The summed E-state index contributed by atoms with van der Waals surface area (Å²) in [6, 6.07) is 10.9. The summed E-state index contributed by atoms with van der Waals surface area (Å²) in [5.74, 6) is 1.07. The van der Waals surface area contributed by atoms with Gasteiger partial charge in [0.2, 0.25) is 0 Å². The summed E-state index contributed by atoms with van der Waals surface area (Å²) in [6.07, 6.45) is 0. The number of rotatable bonds is 3. The van der Waals surface area contributed by atoms with Crippen LogP contribution in [-0.2, 0) is 4.74 Å². The Morgan fingerprint density at radius 1 is 1.19 bits per heavy atom. The minimum Gasteiger partial charge on any atom is -0.478 e. The van der Waals surface area contributed by atoms with Gasteiger partial charge in [0.15, 0.2) is 5.90 Å². The van der Waals surface area contributed by atoms with Crippen LogP contribution in [0.2, 0.25) is 0 Å². The standard InChI is InChI=1S/C18H21NOS/c1-12-9-10-21-16(12)15-7-5-14(6-8-15)13(2)17-19-18(3,4)11-20-17/h5-10,13H,11H2,1-4H3. The molecule has 2 heterocycles. The fourth-order valence-corrected chi connectivity index (χ4v) is 3.50. The van der Waals surface area contributed by atoms with Crippen molar-refractivity contribution >= 4 is 17.2 Å². The maximum Gasteiger partial charge on any atom is 0.191 e. The third kappa shape index (κ3) is 2.88. The van der Waals surface area contributed by atoms with Crippen LogP contribution in [0.4, 0.5) is 0 Å². The second-order valence-electron chi connectivity index (χ2n) is 6.33. The summed E-state index contributed by atoms with van der Waals surface area (Å²) in [6.45, 7) is 9.21. The van der Waals surface area contributed by atoms with Gasteiger partial charge in [0, 0.05) is 4.88 Å². The van der Waals surface area contributed by atoms with Gasteiger partial charge in [-0.1, -0.05) is 24.3 Å². The van der Waals surface area contributed by atoms with Gasteiger partial charge < -0.3 is 4.74 Å². The number of ether oxygens (including phenoxy) is 1. The molecule has 2 aromatic rings. The topological polar surface area (TPSA) is 21.6 Å². The first kappa shape index (κ1) is 14.3. The molecule has 0 N–H and O–H groups in total. The van der Waals surface area contributed by atoms with Gasteiger partial charge in [0.05, 0.1) is 11.5 Å². The van der Waals surface area contributed by atoms with E-state index < -0.39 is 0 Å². The summed E-state index contributed by atoms with van der Waals surface area (Å²) in [4.78, 5) is 6.03. The Morgan fingerprint density at radius 3 is 2.43 bits per heavy atom. The molecule has 0 bridgehead atoms. The molecular weight excluding hydrogens is 278 g/mol. The van der Waals surface area contributed by atoms with E-state index in [2.05, 4.69) is 68.4 Å². The van der Waals surface area contributed by atoms with Crippen molar-refractivity contribution in [2.24, 2.45) is 4.99 Å². The summed E-state index contributed by atoms with van der Waals surface area (Å²) < 4.78 is 5.76. The molecule has 0 spiro atoms. The van der Waals surface area contributed by atoms with E-state index in [1.807, 2.05) is 0 Å². The molecule has 1 aromatic carbocycles. The number of aryl methyl sites for hydroxylation is 1. The highest BCUT2D eigenvalue weighted by Gasteiger charge is 2.29. The molecule has 0 saturated heterocycles. The van der Waals surface area contributed by atoms with Crippen molar-refractivity contribution < 1.29 is 4.74 Å². The first-order chi connectivity index (χ1) is 9.96. The number of aliphatic imine (C=N–C) groups is 1. The van der Waals surface area contributed by atoms with E-state index in [4.69, 9.17) is 4.74 Å². The number of thiophene rings is 1. The normalized spacial score (nSPS) is 18.2. The van der Waals surface area contributed by atoms with Crippen molar-refractivity contribution in [1.29, 1.82) is 0 Å². The van der Waals surface area contributed by atoms with Gasteiger partial charge in [-0.05, 0) is 55.8 Å². The molecular formula is C18H21NOS. The molecule has 3 heteroatoms. The van der Waals surface area contributed by atoms with Gasteiger partial charge in [-0.2, -0.15) is 0 Å². The molecule has 1 unspecified atom stereocenters. The van der Waals surface area contributed by atoms with Crippen molar-refractivity contribution in [3.05, 3.63) is 46.8 Å². The maximum absolute atomic E-state index is 5.76. The minimum atomic E-state index is -0.0857. The van der Waals surface area contributed by atoms with E-state index in [1.165, 1.54) is 21.6 Å². The van der Waals surface area contributed by atoms with Crippen LogP contribution in [0.3, 0.4) is 0 Å². The molecule has 21 heavy (non-hydrogen) atoms. The quantitative estimate of drug-likeness (QED) is 0.778. The Bertz CT molecular complexity index is 667. The minimum absolute atomic E-state index is 0.0857. The Kier molecular flexibility index (Phi) is 3.62. The van der Waals surface area contributed by atoms with E-state index in [0.717, 1.165) is 5.90 Å². The molecule has 0 amide bonds. The van der Waals surface area contributed by atoms with Gasteiger partial charge in [-0.15, -0.1) is 11.3 Å². The molecule has 1 aromatic heterocycles. The van der Waals surface area contributed by atoms with Gasteiger partial charge in [-0.25, -0.2) is 4.99 Å². The highest BCUT2D eigenvalue weighted by molar-refractivity contribution is 7.13. The van der Waals surface area contributed by atoms with E-state index in [9.17, 15) is 0 Å². The number of benzene rings is 1. The zero-order valence-electron chi connectivity index (χ0n) is 13.0. The lowest BCUT2D eigenvalue weighted by molar-refractivity contribution is 0.272. The highest BCUT2D eigenvalue weighted by atomic mass is 32.1. The van der Waals surface area contributed by atoms with Gasteiger partial charge in [0.1, 0.15) is 6.61 Å². The maximum atomic E-state index is 5.76. The lowest BCUT2D eigenvalue weighted by atomic mass is 9.98. The summed E-state index contributed by atoms with van der Waals surface area (Å²) in [7, 11) is 0.